The first-order valence-electron chi connectivity index (χ1n) is 14.7. The molecule has 3 amide bonds. The summed E-state index contributed by atoms with van der Waals surface area (Å²) in [5.41, 5.74) is 0.915. The molecule has 0 saturated heterocycles. The molecule has 0 saturated carbocycles. The third-order valence-corrected chi connectivity index (χ3v) is 6.46. The van der Waals surface area contributed by atoms with Gasteiger partial charge in [-0.2, -0.15) is 0 Å². The number of esters is 1. The molecule has 46 heavy (non-hydrogen) atoms. The van der Waals surface area contributed by atoms with Gasteiger partial charge in [0, 0.05) is 18.5 Å². The fraction of sp³-hybridized carbons (Fsp3) is 0.424. The van der Waals surface area contributed by atoms with Gasteiger partial charge in [0.05, 0.1) is 24.7 Å². The number of carbonyl (C=O) groups is 4. The Kier molecular flexibility index (Phi) is 12.0. The van der Waals surface area contributed by atoms with Crippen molar-refractivity contribution in [1.29, 1.82) is 0 Å². The van der Waals surface area contributed by atoms with E-state index in [2.05, 4.69) is 5.32 Å². The molecule has 1 aliphatic heterocycles. The second-order valence-electron chi connectivity index (χ2n) is 12.7. The van der Waals surface area contributed by atoms with Crippen LogP contribution in [0.4, 0.5) is 4.79 Å². The average molecular weight is 749 g/mol. The molecule has 0 radical (unpaired) electrons. The first kappa shape index (κ1) is 36.5. The molecule has 1 N–H and O–H groups in total. The van der Waals surface area contributed by atoms with Gasteiger partial charge in [-0.1, -0.05) is 12.1 Å². The van der Waals surface area contributed by atoms with Gasteiger partial charge in [0.2, 0.25) is 12.4 Å². The Bertz CT molecular complexity index is 1520. The Morgan fingerprint density at radius 3 is 2.04 bits per heavy atom. The van der Waals surface area contributed by atoms with Gasteiger partial charge in [0.25, 0.3) is 11.8 Å². The first-order chi connectivity index (χ1) is 21.1. The Labute approximate surface area is 285 Å². The third kappa shape index (κ3) is 9.76. The number of benzene rings is 2. The van der Waals surface area contributed by atoms with Gasteiger partial charge in [0.15, 0.2) is 5.69 Å². The molecule has 2 heterocycles. The lowest BCUT2D eigenvalue weighted by molar-refractivity contribution is -0.660. The summed E-state index contributed by atoms with van der Waals surface area (Å²) >= 11 is 0. The van der Waals surface area contributed by atoms with Gasteiger partial charge in [-0.25, -0.2) is 23.6 Å². The average Bonchev–Trinajstić information content (AvgIpc) is 3.43. The molecule has 12 nitrogen and oxygen atoms in total. The van der Waals surface area contributed by atoms with Crippen LogP contribution in [-0.2, 0) is 32.7 Å². The Morgan fingerprint density at radius 2 is 1.48 bits per heavy atom. The van der Waals surface area contributed by atoms with E-state index in [1.54, 1.807) is 45.0 Å². The molecule has 3 aromatic rings. The highest BCUT2D eigenvalue weighted by Crippen LogP contribution is 2.25. The monoisotopic (exact) mass is 748 g/mol. The third-order valence-electron chi connectivity index (χ3n) is 6.46. The van der Waals surface area contributed by atoms with Crippen LogP contribution >= 0.6 is 0 Å². The van der Waals surface area contributed by atoms with Gasteiger partial charge in [-0.05, 0) is 77.9 Å². The SMILES string of the molecule is C[n+]1cn(CCCNC(=O)OC(C)(C)C)cc1-c1ccc(OC[C@H](ON2C(=O)c3ccccc3C2=O)C(=O)OC(C)(C)C)cc1.[I-]. The number of aromatic nitrogens is 2. The predicted octanol–water partition coefficient (Wildman–Crippen LogP) is 1.22. The van der Waals surface area contributed by atoms with Gasteiger partial charge in [-0.15, -0.1) is 5.06 Å². The van der Waals surface area contributed by atoms with Crippen molar-refractivity contribution in [3.63, 3.8) is 0 Å². The Hall–Kier alpha value is -3.98. The van der Waals surface area contributed by atoms with E-state index in [-0.39, 0.29) is 41.7 Å². The quantitative estimate of drug-likeness (QED) is 0.102. The number of halogens is 1. The fourth-order valence-electron chi connectivity index (χ4n) is 4.53. The van der Waals surface area contributed by atoms with Crippen LogP contribution < -0.4 is 38.6 Å². The van der Waals surface area contributed by atoms with E-state index < -0.39 is 41.2 Å². The van der Waals surface area contributed by atoms with Crippen molar-refractivity contribution in [2.75, 3.05) is 13.2 Å². The molecule has 13 heteroatoms. The summed E-state index contributed by atoms with van der Waals surface area (Å²) in [5.74, 6) is -1.64. The lowest BCUT2D eigenvalue weighted by atomic mass is 10.1. The van der Waals surface area contributed by atoms with Crippen LogP contribution in [0.2, 0.25) is 0 Å². The largest absolute Gasteiger partial charge is 1.00 e. The summed E-state index contributed by atoms with van der Waals surface area (Å²) in [6.07, 6.45) is 2.88. The summed E-state index contributed by atoms with van der Waals surface area (Å²) in [7, 11) is 1.94. The maximum absolute atomic E-state index is 13.0. The minimum atomic E-state index is -1.39. The van der Waals surface area contributed by atoms with E-state index in [1.807, 2.05) is 61.6 Å². The van der Waals surface area contributed by atoms with Crippen LogP contribution in [0.15, 0.2) is 61.1 Å². The van der Waals surface area contributed by atoms with Crippen molar-refractivity contribution in [2.24, 2.45) is 7.05 Å². The summed E-state index contributed by atoms with van der Waals surface area (Å²) in [5, 5.41) is 3.35. The van der Waals surface area contributed by atoms with E-state index in [9.17, 15) is 19.2 Å². The van der Waals surface area contributed by atoms with E-state index in [1.165, 1.54) is 12.1 Å². The number of rotatable bonds is 11. The zero-order chi connectivity index (χ0) is 32.9. The van der Waals surface area contributed by atoms with Gasteiger partial charge in [-0.3, -0.25) is 9.59 Å². The minimum absolute atomic E-state index is 0. The highest BCUT2D eigenvalue weighted by molar-refractivity contribution is 6.20. The maximum Gasteiger partial charge on any atom is 0.407 e. The molecule has 4 rings (SSSR count). The molecule has 1 atom stereocenters. The number of nitrogens with one attached hydrogen (secondary N) is 1. The van der Waals surface area contributed by atoms with Crippen molar-refractivity contribution < 1.29 is 66.8 Å². The smallest absolute Gasteiger partial charge is 0.407 e. The highest BCUT2D eigenvalue weighted by atomic mass is 127. The molecule has 0 aliphatic carbocycles. The summed E-state index contributed by atoms with van der Waals surface area (Å²) < 4.78 is 20.6. The molecule has 2 aromatic carbocycles. The van der Waals surface area contributed by atoms with Gasteiger partial charge >= 0.3 is 12.1 Å². The molecule has 248 valence electrons. The normalized spacial score (nSPS) is 13.5. The van der Waals surface area contributed by atoms with Crippen molar-refractivity contribution in [1.82, 2.24) is 14.9 Å². The second-order valence-corrected chi connectivity index (χ2v) is 12.7. The Balaban J connectivity index is 0.00000576. The van der Waals surface area contributed by atoms with E-state index in [0.717, 1.165) is 17.7 Å². The molecule has 0 spiro atoms. The van der Waals surface area contributed by atoms with Gasteiger partial charge in [0.1, 0.15) is 29.8 Å². The lowest BCUT2D eigenvalue weighted by Crippen LogP contribution is -3.00. The van der Waals surface area contributed by atoms with Crippen molar-refractivity contribution in [3.05, 3.63) is 72.2 Å². The topological polar surface area (TPSA) is 129 Å². The zero-order valence-electron chi connectivity index (χ0n) is 27.2. The number of imidazole rings is 1. The number of aryl methyl sites for hydroxylation is 2. The number of amides is 3. The molecule has 0 unspecified atom stereocenters. The maximum atomic E-state index is 13.0. The van der Waals surface area contributed by atoms with Crippen molar-refractivity contribution in [3.8, 4) is 17.0 Å². The molecular weight excluding hydrogens is 707 g/mol. The minimum Gasteiger partial charge on any atom is -1.00 e. The molecule has 0 bridgehead atoms. The number of hydrogen-bond acceptors (Lipinski definition) is 8. The number of hydroxylamine groups is 2. The number of hydrogen-bond donors (Lipinski definition) is 1. The number of fused-ring (bicyclic) bond motifs is 1. The predicted molar refractivity (Wildman–Crippen MR) is 163 cm³/mol. The number of imide groups is 1. The van der Waals surface area contributed by atoms with Gasteiger partial charge < -0.3 is 43.5 Å². The van der Waals surface area contributed by atoms with Crippen LogP contribution in [0.5, 0.6) is 5.75 Å². The number of nitrogens with zero attached hydrogens (tertiary/aromatic N) is 3. The summed E-state index contributed by atoms with van der Waals surface area (Å²) in [4.78, 5) is 56.2. The Morgan fingerprint density at radius 1 is 0.891 bits per heavy atom. The highest BCUT2D eigenvalue weighted by Gasteiger charge is 2.40. The van der Waals surface area contributed by atoms with Crippen LogP contribution in [0.3, 0.4) is 0 Å². The van der Waals surface area contributed by atoms with E-state index >= 15 is 0 Å². The molecule has 0 fully saturated rings. The van der Waals surface area contributed by atoms with Crippen molar-refractivity contribution >= 4 is 23.9 Å². The van der Waals surface area contributed by atoms with Crippen LogP contribution in [0, 0.1) is 0 Å². The standard InChI is InChI=1S/C33H40N4O8.HI/c1-32(2,3)43-30(40)27(45-37-28(38)24-11-8-9-12-25(24)29(37)39)20-42-23-15-13-22(14-16-23)26-19-36(21-35(26)7)18-10-17-34-31(41)44-33(4,5)6;/h8-9,11-16,19,21,27H,10,17-18,20H2,1-7H3;1H/t27-;/m0./s1. The zero-order valence-corrected chi connectivity index (χ0v) is 29.3. The van der Waals surface area contributed by atoms with Crippen LogP contribution in [-0.4, -0.2) is 64.0 Å². The lowest BCUT2D eigenvalue weighted by Gasteiger charge is -2.26. The molecule has 1 aliphatic rings. The number of alkyl carbamates (subject to hydrolysis) is 1. The summed E-state index contributed by atoms with van der Waals surface area (Å²) in [6.45, 7) is 11.5. The molecular formula is C33H41IN4O8. The van der Waals surface area contributed by atoms with Crippen molar-refractivity contribution in [2.45, 2.75) is 71.8 Å². The number of ether oxygens (including phenoxy) is 3. The molecule has 1 aromatic heterocycles. The summed E-state index contributed by atoms with van der Waals surface area (Å²) in [6, 6.07) is 13.6. The van der Waals surface area contributed by atoms with E-state index in [0.29, 0.717) is 23.9 Å². The van der Waals surface area contributed by atoms with Crippen LogP contribution in [0.1, 0.15) is 68.7 Å². The second kappa shape index (κ2) is 15.1. The first-order valence-corrected chi connectivity index (χ1v) is 14.7. The van der Waals surface area contributed by atoms with E-state index in [4.69, 9.17) is 19.0 Å². The fourth-order valence-corrected chi connectivity index (χ4v) is 4.53. The van der Waals surface area contributed by atoms with Crippen LogP contribution in [0.25, 0.3) is 11.3 Å². The number of carbonyl (C=O) groups excluding carboxylic acids is 4.